The first-order chi connectivity index (χ1) is 7.50. The van der Waals surface area contributed by atoms with E-state index in [1.807, 2.05) is 0 Å². The lowest BCUT2D eigenvalue weighted by molar-refractivity contribution is 0.374. The first-order valence-corrected chi connectivity index (χ1v) is 4.09. The van der Waals surface area contributed by atoms with Gasteiger partial charge in [0.15, 0.2) is 29.0 Å². The fraction of sp³-hybridized carbons (Fsp3) is 0. The van der Waals surface area contributed by atoms with E-state index in [0.717, 1.165) is 6.07 Å². The van der Waals surface area contributed by atoms with Crippen LogP contribution < -0.4 is 5.73 Å². The zero-order valence-corrected chi connectivity index (χ0v) is 7.67. The summed E-state index contributed by atoms with van der Waals surface area (Å²) in [5, 5.41) is 12.2. The fourth-order valence-electron chi connectivity index (χ4n) is 1.19. The van der Waals surface area contributed by atoms with Crippen LogP contribution in [0.3, 0.4) is 0 Å². The SMILES string of the molecule is Nc1cc(-c2cc(F)c(F)c(O)c2F)on1. The second-order valence-electron chi connectivity index (χ2n) is 3.00. The van der Waals surface area contributed by atoms with Crippen molar-refractivity contribution in [2.75, 3.05) is 5.73 Å². The van der Waals surface area contributed by atoms with E-state index in [2.05, 4.69) is 9.68 Å². The van der Waals surface area contributed by atoms with Gasteiger partial charge in [-0.05, 0) is 6.07 Å². The number of phenols is 1. The molecule has 0 spiro atoms. The summed E-state index contributed by atoms with van der Waals surface area (Å²) in [5.74, 6) is -6.06. The third-order valence-corrected chi connectivity index (χ3v) is 1.93. The van der Waals surface area contributed by atoms with E-state index in [9.17, 15) is 13.2 Å². The number of hydrogen-bond acceptors (Lipinski definition) is 4. The molecule has 0 aliphatic rings. The topological polar surface area (TPSA) is 72.3 Å². The predicted molar refractivity (Wildman–Crippen MR) is 47.9 cm³/mol. The van der Waals surface area contributed by atoms with Gasteiger partial charge in [-0.15, -0.1) is 0 Å². The largest absolute Gasteiger partial charge is 0.503 e. The summed E-state index contributed by atoms with van der Waals surface area (Å²) >= 11 is 0. The molecular formula is C9H5F3N2O2. The summed E-state index contributed by atoms with van der Waals surface area (Å²) < 4.78 is 43.6. The third kappa shape index (κ3) is 1.46. The van der Waals surface area contributed by atoms with Crippen molar-refractivity contribution in [2.45, 2.75) is 0 Å². The molecule has 0 radical (unpaired) electrons. The van der Waals surface area contributed by atoms with Crippen LogP contribution in [0.2, 0.25) is 0 Å². The molecule has 0 atom stereocenters. The Labute approximate surface area is 87.1 Å². The molecule has 0 saturated carbocycles. The Morgan fingerprint density at radius 3 is 2.44 bits per heavy atom. The van der Waals surface area contributed by atoms with E-state index >= 15 is 0 Å². The van der Waals surface area contributed by atoms with Crippen molar-refractivity contribution in [3.63, 3.8) is 0 Å². The van der Waals surface area contributed by atoms with E-state index in [0.29, 0.717) is 6.07 Å². The first kappa shape index (κ1) is 10.3. The summed E-state index contributed by atoms with van der Waals surface area (Å²) in [6.45, 7) is 0. The van der Waals surface area contributed by atoms with Crippen LogP contribution in [0.5, 0.6) is 5.75 Å². The van der Waals surface area contributed by atoms with E-state index in [-0.39, 0.29) is 11.6 Å². The highest BCUT2D eigenvalue weighted by atomic mass is 19.2. The molecule has 1 aromatic heterocycles. The third-order valence-electron chi connectivity index (χ3n) is 1.93. The Hall–Kier alpha value is -2.18. The number of aromatic hydroxyl groups is 1. The maximum atomic E-state index is 13.4. The van der Waals surface area contributed by atoms with Crippen LogP contribution in [-0.2, 0) is 0 Å². The van der Waals surface area contributed by atoms with Gasteiger partial charge in [0, 0.05) is 6.07 Å². The summed E-state index contributed by atoms with van der Waals surface area (Å²) in [7, 11) is 0. The van der Waals surface area contributed by atoms with Crippen LogP contribution in [0.15, 0.2) is 16.7 Å². The maximum Gasteiger partial charge on any atom is 0.203 e. The maximum absolute atomic E-state index is 13.4. The molecule has 2 rings (SSSR count). The molecule has 2 aromatic rings. The van der Waals surface area contributed by atoms with Gasteiger partial charge in [-0.3, -0.25) is 0 Å². The highest BCUT2D eigenvalue weighted by Gasteiger charge is 2.21. The minimum absolute atomic E-state index is 0.0429. The highest BCUT2D eigenvalue weighted by Crippen LogP contribution is 2.32. The Bertz CT molecular complexity index is 554. The molecule has 1 aromatic carbocycles. The highest BCUT2D eigenvalue weighted by molar-refractivity contribution is 5.63. The number of nitrogen functional groups attached to an aromatic ring is 1. The van der Waals surface area contributed by atoms with Crippen LogP contribution in [0.25, 0.3) is 11.3 Å². The van der Waals surface area contributed by atoms with Gasteiger partial charge in [-0.2, -0.15) is 4.39 Å². The summed E-state index contributed by atoms with van der Waals surface area (Å²) in [6, 6.07) is 1.67. The molecule has 84 valence electrons. The average molecular weight is 230 g/mol. The number of anilines is 1. The molecule has 16 heavy (non-hydrogen) atoms. The lowest BCUT2D eigenvalue weighted by Gasteiger charge is -2.03. The standard InChI is InChI=1S/C9H5F3N2O2/c10-4-1-3(5-2-6(13)14-16-5)7(11)9(15)8(4)12/h1-2,15H,(H2,13,14). The Kier molecular flexibility index (Phi) is 2.22. The van der Waals surface area contributed by atoms with E-state index in [4.69, 9.17) is 10.8 Å². The van der Waals surface area contributed by atoms with Gasteiger partial charge in [-0.25, -0.2) is 8.78 Å². The molecule has 0 fully saturated rings. The number of rotatable bonds is 1. The van der Waals surface area contributed by atoms with Crippen molar-refractivity contribution in [2.24, 2.45) is 0 Å². The molecule has 1 heterocycles. The van der Waals surface area contributed by atoms with Crippen LogP contribution in [0, 0.1) is 17.5 Å². The Balaban J connectivity index is 2.66. The van der Waals surface area contributed by atoms with Gasteiger partial charge in [0.25, 0.3) is 0 Å². The summed E-state index contributed by atoms with van der Waals surface area (Å²) in [5.41, 5.74) is 4.76. The molecule has 3 N–H and O–H groups in total. The van der Waals surface area contributed by atoms with Gasteiger partial charge < -0.3 is 15.4 Å². The van der Waals surface area contributed by atoms with Gasteiger partial charge in [-0.1, -0.05) is 5.16 Å². The molecule has 7 heteroatoms. The predicted octanol–water partition coefficient (Wildman–Crippen LogP) is 2.05. The van der Waals surface area contributed by atoms with Gasteiger partial charge in [0.1, 0.15) is 0 Å². The van der Waals surface area contributed by atoms with E-state index in [1.165, 1.54) is 0 Å². The number of halogens is 3. The minimum atomic E-state index is -1.66. The second kappa shape index (κ2) is 3.44. The Morgan fingerprint density at radius 2 is 1.88 bits per heavy atom. The van der Waals surface area contributed by atoms with Crippen molar-refractivity contribution in [3.05, 3.63) is 29.6 Å². The smallest absolute Gasteiger partial charge is 0.203 e. The molecule has 0 aliphatic carbocycles. The monoisotopic (exact) mass is 230 g/mol. The van der Waals surface area contributed by atoms with Gasteiger partial charge >= 0.3 is 0 Å². The van der Waals surface area contributed by atoms with Crippen LogP contribution in [-0.4, -0.2) is 10.3 Å². The first-order valence-electron chi connectivity index (χ1n) is 4.09. The van der Waals surface area contributed by atoms with Gasteiger partial charge in [0.2, 0.25) is 5.82 Å². The zero-order valence-electron chi connectivity index (χ0n) is 7.67. The second-order valence-corrected chi connectivity index (χ2v) is 3.00. The van der Waals surface area contributed by atoms with Crippen LogP contribution >= 0.6 is 0 Å². The Morgan fingerprint density at radius 1 is 1.19 bits per heavy atom. The quantitative estimate of drug-likeness (QED) is 0.735. The lowest BCUT2D eigenvalue weighted by Crippen LogP contribution is -1.92. The fourth-order valence-corrected chi connectivity index (χ4v) is 1.19. The molecule has 4 nitrogen and oxygen atoms in total. The number of nitrogens with zero attached hydrogens (tertiary/aromatic N) is 1. The number of phenolic OH excluding ortho intramolecular Hbond substituents is 1. The van der Waals surface area contributed by atoms with Crippen molar-refractivity contribution in [1.82, 2.24) is 5.16 Å². The molecular weight excluding hydrogens is 225 g/mol. The van der Waals surface area contributed by atoms with E-state index < -0.39 is 28.8 Å². The number of hydrogen-bond donors (Lipinski definition) is 2. The van der Waals surface area contributed by atoms with Crippen molar-refractivity contribution in [3.8, 4) is 17.1 Å². The molecule has 0 unspecified atom stereocenters. The number of nitrogens with two attached hydrogens (primary N) is 1. The minimum Gasteiger partial charge on any atom is -0.503 e. The summed E-state index contributed by atoms with van der Waals surface area (Å²) in [4.78, 5) is 0. The van der Waals surface area contributed by atoms with Crippen molar-refractivity contribution in [1.29, 1.82) is 0 Å². The number of aromatic nitrogens is 1. The summed E-state index contributed by atoms with van der Waals surface area (Å²) in [6.07, 6.45) is 0. The average Bonchev–Trinajstić information content (AvgIpc) is 2.67. The van der Waals surface area contributed by atoms with Crippen molar-refractivity contribution >= 4 is 5.82 Å². The molecule has 0 amide bonds. The van der Waals surface area contributed by atoms with Gasteiger partial charge in [0.05, 0.1) is 5.56 Å². The lowest BCUT2D eigenvalue weighted by atomic mass is 10.1. The van der Waals surface area contributed by atoms with E-state index in [1.54, 1.807) is 0 Å². The van der Waals surface area contributed by atoms with Crippen molar-refractivity contribution < 1.29 is 22.8 Å². The molecule has 0 bridgehead atoms. The normalized spacial score (nSPS) is 10.7. The van der Waals surface area contributed by atoms with Crippen LogP contribution in [0.4, 0.5) is 19.0 Å². The molecule has 0 saturated heterocycles. The van der Waals surface area contributed by atoms with Crippen LogP contribution in [0.1, 0.15) is 0 Å². The molecule has 0 aliphatic heterocycles. The zero-order chi connectivity index (χ0) is 11.9. The number of benzene rings is 1.